The quantitative estimate of drug-likeness (QED) is 0.613. The van der Waals surface area contributed by atoms with E-state index in [1.165, 1.54) is 18.2 Å². The van der Waals surface area contributed by atoms with Crippen LogP contribution in [0.25, 0.3) is 0 Å². The lowest BCUT2D eigenvalue weighted by Crippen LogP contribution is -2.57. The number of rotatable bonds is 4. The Morgan fingerprint density at radius 2 is 1.65 bits per heavy atom. The maximum absolute atomic E-state index is 13.0. The zero-order chi connectivity index (χ0) is 23.2. The highest BCUT2D eigenvalue weighted by Crippen LogP contribution is 2.40. The van der Waals surface area contributed by atoms with Gasteiger partial charge in [-0.15, -0.1) is 0 Å². The molecule has 0 atom stereocenters. The van der Waals surface area contributed by atoms with Crippen molar-refractivity contribution in [2.75, 3.05) is 0 Å². The van der Waals surface area contributed by atoms with Gasteiger partial charge >= 0.3 is 6.18 Å². The second kappa shape index (κ2) is 7.75. The molecule has 31 heavy (non-hydrogen) atoms. The minimum Gasteiger partial charge on any atom is -0.439 e. The van der Waals surface area contributed by atoms with Gasteiger partial charge < -0.3 is 9.47 Å². The Bertz CT molecular complexity index is 1000. The number of Topliss-reactive ketones (excluding diaryl/α,β-unsaturated/α-hetero) is 2. The third-order valence-electron chi connectivity index (χ3n) is 5.26. The minimum atomic E-state index is -4.60. The molecule has 1 fully saturated rings. The van der Waals surface area contributed by atoms with Crippen molar-refractivity contribution in [2.45, 2.75) is 64.3 Å². The Balaban J connectivity index is 2.03. The number of ether oxygens (including phenoxy) is 2. The first kappa shape index (κ1) is 22.9. The van der Waals surface area contributed by atoms with Gasteiger partial charge in [0, 0.05) is 6.07 Å². The molecule has 1 aromatic carbocycles. The number of hydrogen-bond donors (Lipinski definition) is 0. The number of aryl methyl sites for hydroxylation is 1. The molecule has 0 spiro atoms. The topological polar surface area (TPSA) is 65.5 Å². The van der Waals surface area contributed by atoms with Gasteiger partial charge in [0.2, 0.25) is 5.88 Å². The van der Waals surface area contributed by atoms with Crippen LogP contribution in [-0.2, 0) is 26.9 Å². The van der Waals surface area contributed by atoms with Crippen LogP contribution in [0.4, 0.5) is 13.2 Å². The molecule has 0 aliphatic carbocycles. The number of hydrogen-bond acceptors (Lipinski definition) is 5. The standard InChI is InChI=1S/C23H24F3NO4/c1-6-13-10-11-14(18-19(28)21(2,3)31-22(4,5)20(18)29)12-15(13)30-17-9-7-8-16(27-17)23(24,25)26/h7-12,18H,6H2,1-5H3. The van der Waals surface area contributed by atoms with E-state index in [1.807, 2.05) is 6.92 Å². The number of nitrogens with zero attached hydrogens (tertiary/aromatic N) is 1. The first-order chi connectivity index (χ1) is 14.3. The number of ketones is 2. The molecule has 1 aliphatic rings. The largest absolute Gasteiger partial charge is 0.439 e. The lowest BCUT2D eigenvalue weighted by Gasteiger charge is -2.42. The molecule has 0 N–H and O–H groups in total. The third kappa shape index (κ3) is 4.49. The molecule has 2 aromatic rings. The average Bonchev–Trinajstić information content (AvgIpc) is 2.66. The normalized spacial score (nSPS) is 18.8. The Labute approximate surface area is 178 Å². The number of benzene rings is 1. The monoisotopic (exact) mass is 435 g/mol. The van der Waals surface area contributed by atoms with Crippen LogP contribution >= 0.6 is 0 Å². The number of halogens is 3. The lowest BCUT2D eigenvalue weighted by atomic mass is 9.75. The Kier molecular flexibility index (Phi) is 5.73. The molecule has 166 valence electrons. The van der Waals surface area contributed by atoms with Crippen LogP contribution in [0.2, 0.25) is 0 Å². The molecule has 0 amide bonds. The van der Waals surface area contributed by atoms with E-state index < -0.39 is 29.0 Å². The third-order valence-corrected chi connectivity index (χ3v) is 5.26. The van der Waals surface area contributed by atoms with E-state index in [0.29, 0.717) is 17.5 Å². The highest BCUT2D eigenvalue weighted by Gasteiger charge is 2.53. The summed E-state index contributed by atoms with van der Waals surface area (Å²) in [6.45, 7) is 8.31. The summed E-state index contributed by atoms with van der Waals surface area (Å²) < 4.78 is 50.3. The average molecular weight is 435 g/mol. The first-order valence-corrected chi connectivity index (χ1v) is 9.90. The van der Waals surface area contributed by atoms with Gasteiger partial charge in [-0.1, -0.05) is 25.1 Å². The molecule has 0 unspecified atom stereocenters. The smallest absolute Gasteiger partial charge is 0.433 e. The van der Waals surface area contributed by atoms with Crippen LogP contribution in [0.5, 0.6) is 11.6 Å². The van der Waals surface area contributed by atoms with Gasteiger partial charge in [-0.05, 0) is 57.4 Å². The van der Waals surface area contributed by atoms with E-state index >= 15 is 0 Å². The molecule has 5 nitrogen and oxygen atoms in total. The van der Waals surface area contributed by atoms with Gasteiger partial charge in [0.15, 0.2) is 11.6 Å². The molecule has 8 heteroatoms. The van der Waals surface area contributed by atoms with Crippen LogP contribution in [0.1, 0.15) is 57.4 Å². The minimum absolute atomic E-state index is 0.230. The fraction of sp³-hybridized carbons (Fsp3) is 0.435. The van der Waals surface area contributed by atoms with Crippen molar-refractivity contribution in [3.05, 3.63) is 53.2 Å². The second-order valence-electron chi connectivity index (χ2n) is 8.47. The van der Waals surface area contributed by atoms with E-state index in [4.69, 9.17) is 9.47 Å². The molecule has 2 heterocycles. The summed E-state index contributed by atoms with van der Waals surface area (Å²) in [6.07, 6.45) is -4.08. The van der Waals surface area contributed by atoms with Crippen LogP contribution < -0.4 is 4.74 Å². The summed E-state index contributed by atoms with van der Waals surface area (Å²) in [6, 6.07) is 8.28. The number of pyridine rings is 1. The summed E-state index contributed by atoms with van der Waals surface area (Å²) in [5.74, 6) is -1.82. The second-order valence-corrected chi connectivity index (χ2v) is 8.47. The summed E-state index contributed by atoms with van der Waals surface area (Å²) in [7, 11) is 0. The lowest BCUT2D eigenvalue weighted by molar-refractivity contribution is -0.184. The molecule has 0 radical (unpaired) electrons. The van der Waals surface area contributed by atoms with E-state index in [2.05, 4.69) is 4.98 Å². The van der Waals surface area contributed by atoms with Gasteiger partial charge in [-0.25, -0.2) is 4.98 Å². The van der Waals surface area contributed by atoms with E-state index in [0.717, 1.165) is 6.07 Å². The van der Waals surface area contributed by atoms with E-state index in [1.54, 1.807) is 39.8 Å². The number of alkyl halides is 3. The van der Waals surface area contributed by atoms with Gasteiger partial charge in [0.25, 0.3) is 0 Å². The number of carbonyl (C=O) groups is 2. The predicted octanol–water partition coefficient (Wildman–Crippen LogP) is 5.26. The Morgan fingerprint density at radius 3 is 2.19 bits per heavy atom. The van der Waals surface area contributed by atoms with Gasteiger partial charge in [0.05, 0.1) is 0 Å². The first-order valence-electron chi connectivity index (χ1n) is 9.90. The predicted molar refractivity (Wildman–Crippen MR) is 107 cm³/mol. The summed E-state index contributed by atoms with van der Waals surface area (Å²) >= 11 is 0. The van der Waals surface area contributed by atoms with Crippen molar-refractivity contribution in [2.24, 2.45) is 0 Å². The number of carbonyl (C=O) groups excluding carboxylic acids is 2. The van der Waals surface area contributed by atoms with Crippen molar-refractivity contribution in [3.8, 4) is 11.6 Å². The van der Waals surface area contributed by atoms with Crippen LogP contribution in [0.3, 0.4) is 0 Å². The van der Waals surface area contributed by atoms with Crippen LogP contribution in [0, 0.1) is 0 Å². The molecule has 1 aromatic heterocycles. The summed E-state index contributed by atoms with van der Waals surface area (Å²) in [5, 5.41) is 0. The molecular weight excluding hydrogens is 411 g/mol. The molecule has 1 saturated heterocycles. The van der Waals surface area contributed by atoms with Crippen LogP contribution in [-0.4, -0.2) is 27.8 Å². The van der Waals surface area contributed by atoms with Crippen molar-refractivity contribution < 1.29 is 32.2 Å². The zero-order valence-corrected chi connectivity index (χ0v) is 18.0. The highest BCUT2D eigenvalue weighted by atomic mass is 19.4. The van der Waals surface area contributed by atoms with Crippen molar-refractivity contribution in [1.29, 1.82) is 0 Å². The van der Waals surface area contributed by atoms with E-state index in [9.17, 15) is 22.8 Å². The SMILES string of the molecule is CCc1ccc(C2C(=O)C(C)(C)OC(C)(C)C2=O)cc1Oc1cccc(C(F)(F)F)n1. The summed E-state index contributed by atoms with van der Waals surface area (Å²) in [4.78, 5) is 29.5. The number of aromatic nitrogens is 1. The van der Waals surface area contributed by atoms with E-state index in [-0.39, 0.29) is 23.2 Å². The van der Waals surface area contributed by atoms with Crippen LogP contribution in [0.15, 0.2) is 36.4 Å². The van der Waals surface area contributed by atoms with Crippen molar-refractivity contribution >= 4 is 11.6 Å². The Hall–Kier alpha value is -2.74. The summed E-state index contributed by atoms with van der Waals surface area (Å²) in [5.41, 5.74) is -2.31. The van der Waals surface area contributed by atoms with Gasteiger partial charge in [-0.3, -0.25) is 9.59 Å². The molecule has 0 bridgehead atoms. The maximum Gasteiger partial charge on any atom is 0.433 e. The fourth-order valence-corrected chi connectivity index (χ4v) is 3.74. The molecule has 1 aliphatic heterocycles. The van der Waals surface area contributed by atoms with Crippen molar-refractivity contribution in [3.63, 3.8) is 0 Å². The van der Waals surface area contributed by atoms with Gasteiger partial charge in [-0.2, -0.15) is 13.2 Å². The highest BCUT2D eigenvalue weighted by molar-refractivity contribution is 6.15. The van der Waals surface area contributed by atoms with Crippen molar-refractivity contribution in [1.82, 2.24) is 4.98 Å². The molecule has 0 saturated carbocycles. The molecule has 3 rings (SSSR count). The Morgan fingerprint density at radius 1 is 1.03 bits per heavy atom. The zero-order valence-electron chi connectivity index (χ0n) is 18.0. The fourth-order valence-electron chi connectivity index (χ4n) is 3.74. The van der Waals surface area contributed by atoms with Gasteiger partial charge in [0.1, 0.15) is 28.6 Å². The molecular formula is C23H24F3NO4. The maximum atomic E-state index is 13.0.